The third-order valence-electron chi connectivity index (χ3n) is 3.19. The fourth-order valence-electron chi connectivity index (χ4n) is 2.18. The molecule has 3 atom stereocenters. The lowest BCUT2D eigenvalue weighted by atomic mass is 10.1. The van der Waals surface area contributed by atoms with Crippen LogP contribution in [0.1, 0.15) is 48.7 Å². The summed E-state index contributed by atoms with van der Waals surface area (Å²) in [5, 5.41) is 10.6. The van der Waals surface area contributed by atoms with E-state index in [9.17, 15) is 5.11 Å². The minimum Gasteiger partial charge on any atom is -0.389 e. The topological polar surface area (TPSA) is 46.0 Å². The number of rotatable bonds is 3. The molecule has 1 aliphatic heterocycles. The summed E-state index contributed by atoms with van der Waals surface area (Å²) < 4.78 is 0. The molecule has 0 bridgehead atoms. The van der Waals surface area contributed by atoms with Crippen LogP contribution in [0, 0.1) is 6.92 Å². The quantitative estimate of drug-likeness (QED) is 0.924. The predicted octanol–water partition coefficient (Wildman–Crippen LogP) is 3.14. The summed E-state index contributed by atoms with van der Waals surface area (Å²) in [5.41, 5.74) is 1.74. The van der Waals surface area contributed by atoms with Gasteiger partial charge in [-0.3, -0.25) is 0 Å². The maximum Gasteiger partial charge on any atom is 0.142 e. The van der Waals surface area contributed by atoms with E-state index in [2.05, 4.69) is 16.9 Å². The Labute approximate surface area is 117 Å². The molecule has 2 heterocycles. The summed E-state index contributed by atoms with van der Waals surface area (Å²) in [7, 11) is 0. The molecule has 1 aromatic heterocycles. The molecule has 1 N–H and O–H groups in total. The average Bonchev–Trinajstić information content (AvgIpc) is 2.38. The van der Waals surface area contributed by atoms with Crippen LogP contribution in [-0.2, 0) is 0 Å². The molecule has 1 saturated heterocycles. The monoisotopic (exact) mass is 284 g/mol. The highest BCUT2D eigenvalue weighted by molar-refractivity contribution is 8.06. The van der Waals surface area contributed by atoms with Gasteiger partial charge in [-0.2, -0.15) is 11.8 Å². The number of aryl methyl sites for hydroxylation is 1. The summed E-state index contributed by atoms with van der Waals surface area (Å²) >= 11 is 4.00. The summed E-state index contributed by atoms with van der Waals surface area (Å²) in [5.74, 6) is 3.33. The summed E-state index contributed by atoms with van der Waals surface area (Å²) in [6.45, 7) is 5.94. The third kappa shape index (κ3) is 3.00. The average molecular weight is 284 g/mol. The lowest BCUT2D eigenvalue weighted by Crippen LogP contribution is -2.21. The lowest BCUT2D eigenvalue weighted by molar-refractivity contribution is 0.197. The summed E-state index contributed by atoms with van der Waals surface area (Å²) in [6, 6.07) is 0. The van der Waals surface area contributed by atoms with E-state index in [-0.39, 0.29) is 0 Å². The van der Waals surface area contributed by atoms with E-state index < -0.39 is 6.10 Å². The highest BCUT2D eigenvalue weighted by atomic mass is 32.2. The van der Waals surface area contributed by atoms with Crippen molar-refractivity contribution in [2.45, 2.75) is 43.8 Å². The molecule has 1 aliphatic rings. The second-order valence-electron chi connectivity index (χ2n) is 4.55. The van der Waals surface area contributed by atoms with Gasteiger partial charge in [0.05, 0.1) is 11.4 Å². The van der Waals surface area contributed by atoms with Crippen molar-refractivity contribution >= 4 is 23.5 Å². The number of aliphatic hydroxyl groups excluding tert-OH is 1. The Morgan fingerprint density at radius 2 is 2.17 bits per heavy atom. The van der Waals surface area contributed by atoms with E-state index in [1.807, 2.05) is 30.4 Å². The van der Waals surface area contributed by atoms with Gasteiger partial charge in [-0.1, -0.05) is 6.92 Å². The molecule has 2 rings (SSSR count). The third-order valence-corrected chi connectivity index (χ3v) is 6.44. The number of aromatic nitrogens is 2. The molecular formula is C13H20N2OS2. The molecule has 18 heavy (non-hydrogen) atoms. The van der Waals surface area contributed by atoms with Gasteiger partial charge >= 0.3 is 0 Å². The van der Waals surface area contributed by atoms with Gasteiger partial charge in [0.2, 0.25) is 0 Å². The van der Waals surface area contributed by atoms with E-state index in [1.165, 1.54) is 11.5 Å². The van der Waals surface area contributed by atoms with E-state index in [0.29, 0.717) is 10.5 Å². The first-order chi connectivity index (χ1) is 8.63. The Kier molecular flexibility index (Phi) is 4.92. The minimum atomic E-state index is -0.491. The van der Waals surface area contributed by atoms with Crippen molar-refractivity contribution < 1.29 is 5.11 Å². The van der Waals surface area contributed by atoms with Crippen molar-refractivity contribution in [3.8, 4) is 0 Å². The maximum absolute atomic E-state index is 9.61. The largest absolute Gasteiger partial charge is 0.389 e. The van der Waals surface area contributed by atoms with Crippen LogP contribution >= 0.6 is 23.5 Å². The van der Waals surface area contributed by atoms with Gasteiger partial charge in [-0.05, 0) is 20.3 Å². The van der Waals surface area contributed by atoms with Crippen molar-refractivity contribution in [1.29, 1.82) is 0 Å². The van der Waals surface area contributed by atoms with Crippen LogP contribution in [0.2, 0.25) is 0 Å². The van der Waals surface area contributed by atoms with Crippen LogP contribution in [0.5, 0.6) is 0 Å². The Hall–Kier alpha value is -0.260. The predicted molar refractivity (Wildman–Crippen MR) is 79.1 cm³/mol. The van der Waals surface area contributed by atoms with Crippen molar-refractivity contribution in [3.63, 3.8) is 0 Å². The van der Waals surface area contributed by atoms with Crippen LogP contribution in [0.4, 0.5) is 0 Å². The second kappa shape index (κ2) is 6.26. The molecule has 0 saturated carbocycles. The number of thioether (sulfide) groups is 2. The molecule has 0 aliphatic carbocycles. The van der Waals surface area contributed by atoms with Crippen LogP contribution in [0.3, 0.4) is 0 Å². The molecule has 0 radical (unpaired) electrons. The normalized spacial score (nSPS) is 26.0. The first-order valence-corrected chi connectivity index (χ1v) is 8.48. The first kappa shape index (κ1) is 14.2. The molecular weight excluding hydrogens is 264 g/mol. The Balaban J connectivity index is 2.24. The number of hydrogen-bond acceptors (Lipinski definition) is 5. The van der Waals surface area contributed by atoms with Gasteiger partial charge in [-0.25, -0.2) is 9.97 Å². The fraction of sp³-hybridized carbons (Fsp3) is 0.692. The molecule has 0 aromatic carbocycles. The summed E-state index contributed by atoms with van der Waals surface area (Å²) in [4.78, 5) is 9.09. The van der Waals surface area contributed by atoms with Crippen molar-refractivity contribution in [2.75, 3.05) is 11.5 Å². The zero-order chi connectivity index (χ0) is 13.1. The van der Waals surface area contributed by atoms with Gasteiger partial charge in [0.1, 0.15) is 5.82 Å². The second-order valence-corrected chi connectivity index (χ2v) is 7.15. The zero-order valence-corrected chi connectivity index (χ0v) is 12.7. The zero-order valence-electron chi connectivity index (χ0n) is 11.1. The molecule has 2 unspecified atom stereocenters. The van der Waals surface area contributed by atoms with Crippen molar-refractivity contribution in [3.05, 3.63) is 23.3 Å². The minimum absolute atomic E-state index is 0.399. The van der Waals surface area contributed by atoms with Gasteiger partial charge in [-0.15, -0.1) is 11.8 Å². The first-order valence-electron chi connectivity index (χ1n) is 6.38. The molecule has 0 spiro atoms. The smallest absolute Gasteiger partial charge is 0.142 e. The fourth-order valence-corrected chi connectivity index (χ4v) is 5.18. The number of aliphatic hydroxyl groups is 1. The van der Waals surface area contributed by atoms with Crippen LogP contribution in [0.15, 0.2) is 6.20 Å². The van der Waals surface area contributed by atoms with Gasteiger partial charge in [0, 0.05) is 34.2 Å². The van der Waals surface area contributed by atoms with Crippen LogP contribution in [-0.4, -0.2) is 31.8 Å². The molecule has 5 heteroatoms. The van der Waals surface area contributed by atoms with Gasteiger partial charge in [0.25, 0.3) is 0 Å². The van der Waals surface area contributed by atoms with Gasteiger partial charge < -0.3 is 5.11 Å². The van der Waals surface area contributed by atoms with E-state index in [4.69, 9.17) is 0 Å². The molecule has 3 nitrogen and oxygen atoms in total. The number of nitrogens with zero attached hydrogens (tertiary/aromatic N) is 2. The Morgan fingerprint density at radius 3 is 2.78 bits per heavy atom. The lowest BCUT2D eigenvalue weighted by Gasteiger charge is -2.29. The molecule has 1 aromatic rings. The molecule has 100 valence electrons. The standard InChI is InChI=1S/C13H20N2OS2/c1-4-11-12(18-6-5-17-11)13-14-7-10(9(3)16)8(2)15-13/h7,9,11-12,16H,4-6H2,1-3H3/t9-,11?,12?/m0/s1. The van der Waals surface area contributed by atoms with Crippen LogP contribution in [0.25, 0.3) is 0 Å². The Morgan fingerprint density at radius 1 is 1.44 bits per heavy atom. The van der Waals surface area contributed by atoms with Gasteiger partial charge in [0.15, 0.2) is 0 Å². The van der Waals surface area contributed by atoms with E-state index in [1.54, 1.807) is 13.1 Å². The molecule has 0 amide bonds. The summed E-state index contributed by atoms with van der Waals surface area (Å²) in [6.07, 6.45) is 2.45. The SMILES string of the molecule is CCC1SCCSC1c1ncc([C@H](C)O)c(C)n1. The van der Waals surface area contributed by atoms with Crippen LogP contribution < -0.4 is 0 Å². The van der Waals surface area contributed by atoms with Crippen molar-refractivity contribution in [2.24, 2.45) is 0 Å². The highest BCUT2D eigenvalue weighted by Crippen LogP contribution is 2.42. The number of hydrogen-bond donors (Lipinski definition) is 1. The maximum atomic E-state index is 9.61. The molecule has 1 fully saturated rings. The van der Waals surface area contributed by atoms with Crippen molar-refractivity contribution in [1.82, 2.24) is 9.97 Å². The van der Waals surface area contributed by atoms with E-state index in [0.717, 1.165) is 23.5 Å². The highest BCUT2D eigenvalue weighted by Gasteiger charge is 2.29. The Bertz CT molecular complexity index is 412. The van der Waals surface area contributed by atoms with E-state index >= 15 is 0 Å².